The van der Waals surface area contributed by atoms with Crippen molar-refractivity contribution in [2.45, 2.75) is 24.7 Å². The first-order valence-electron chi connectivity index (χ1n) is 10.0. The molecule has 0 fully saturated rings. The lowest BCUT2D eigenvalue weighted by Gasteiger charge is -2.19. The van der Waals surface area contributed by atoms with Crippen molar-refractivity contribution in [3.63, 3.8) is 0 Å². The van der Waals surface area contributed by atoms with Crippen molar-refractivity contribution in [1.82, 2.24) is 4.98 Å². The topological polar surface area (TPSA) is 79.2 Å². The van der Waals surface area contributed by atoms with Gasteiger partial charge in [0.15, 0.2) is 0 Å². The average Bonchev–Trinajstić information content (AvgIpc) is 3.41. The Morgan fingerprint density at radius 3 is 2.50 bits per heavy atom. The largest absolute Gasteiger partial charge is 0.398 e. The molecule has 4 aromatic rings. The number of anilines is 2. The molecule has 6 heteroatoms. The lowest BCUT2D eigenvalue weighted by atomic mass is 10.1. The number of aromatic nitrogens is 1. The molecule has 0 spiro atoms. The summed E-state index contributed by atoms with van der Waals surface area (Å²) >= 11 is 0. The van der Waals surface area contributed by atoms with Crippen LogP contribution in [0, 0.1) is 0 Å². The second-order valence-corrected chi connectivity index (χ2v) is 9.10. The Hall–Kier alpha value is -3.25. The van der Waals surface area contributed by atoms with Gasteiger partial charge in [-0.2, -0.15) is 0 Å². The van der Waals surface area contributed by atoms with Gasteiger partial charge in [-0.1, -0.05) is 43.3 Å². The van der Waals surface area contributed by atoms with Crippen molar-refractivity contribution in [2.75, 3.05) is 16.6 Å². The molecule has 0 radical (unpaired) electrons. The predicted octanol–water partition coefficient (Wildman–Crippen LogP) is 4.75. The van der Waals surface area contributed by atoms with Gasteiger partial charge in [0, 0.05) is 23.9 Å². The standard InChI is InChI=1S/C14H13NO2S.C10H12N2/c16-18(17,13-7-2-1-3-8-13)15-11-10-12-6-4-5-9-14(12)15;1-2-7-5-8-3-4-12-10(8)6-9(7)11/h1-9H,10-11H2;3-6,12H,2,11H2,1H3. The van der Waals surface area contributed by atoms with Crippen LogP contribution in [0.4, 0.5) is 11.4 Å². The van der Waals surface area contributed by atoms with E-state index in [1.54, 1.807) is 24.3 Å². The minimum Gasteiger partial charge on any atom is -0.398 e. The fraction of sp³-hybridized carbons (Fsp3) is 0.167. The fourth-order valence-corrected chi connectivity index (χ4v) is 5.27. The molecule has 1 aromatic heterocycles. The lowest BCUT2D eigenvalue weighted by Crippen LogP contribution is -2.28. The molecule has 0 aliphatic carbocycles. The molecule has 1 aliphatic rings. The molecule has 0 saturated heterocycles. The number of nitrogens with one attached hydrogen (secondary N) is 1. The van der Waals surface area contributed by atoms with Gasteiger partial charge in [0.2, 0.25) is 0 Å². The van der Waals surface area contributed by atoms with E-state index in [1.165, 1.54) is 15.3 Å². The second kappa shape index (κ2) is 8.24. The highest BCUT2D eigenvalue weighted by Crippen LogP contribution is 2.32. The Balaban J connectivity index is 0.000000158. The molecule has 2 heterocycles. The lowest BCUT2D eigenvalue weighted by molar-refractivity contribution is 0.592. The number of nitrogens with zero attached hydrogens (tertiary/aromatic N) is 1. The van der Waals surface area contributed by atoms with Crippen LogP contribution in [0.1, 0.15) is 18.1 Å². The summed E-state index contributed by atoms with van der Waals surface area (Å²) in [6.07, 6.45) is 3.71. The highest BCUT2D eigenvalue weighted by Gasteiger charge is 2.30. The first-order chi connectivity index (χ1) is 14.5. The number of aromatic amines is 1. The quantitative estimate of drug-likeness (QED) is 0.470. The molecular weight excluding hydrogens is 394 g/mol. The molecule has 5 nitrogen and oxygen atoms in total. The Bertz CT molecular complexity index is 1260. The molecule has 5 rings (SSSR count). The van der Waals surface area contributed by atoms with Gasteiger partial charge in [-0.15, -0.1) is 0 Å². The third-order valence-electron chi connectivity index (χ3n) is 5.37. The number of aryl methyl sites for hydroxylation is 1. The third-order valence-corrected chi connectivity index (χ3v) is 7.20. The summed E-state index contributed by atoms with van der Waals surface area (Å²) in [5, 5.41) is 1.24. The molecule has 3 aromatic carbocycles. The van der Waals surface area contributed by atoms with E-state index in [-0.39, 0.29) is 0 Å². The first-order valence-corrected chi connectivity index (χ1v) is 11.5. The van der Waals surface area contributed by atoms with E-state index < -0.39 is 10.0 Å². The van der Waals surface area contributed by atoms with E-state index in [4.69, 9.17) is 5.73 Å². The van der Waals surface area contributed by atoms with Crippen molar-refractivity contribution in [1.29, 1.82) is 0 Å². The molecule has 0 saturated carbocycles. The highest BCUT2D eigenvalue weighted by atomic mass is 32.2. The number of hydrogen-bond donors (Lipinski definition) is 2. The van der Waals surface area contributed by atoms with Crippen molar-refractivity contribution >= 4 is 32.3 Å². The van der Waals surface area contributed by atoms with Crippen molar-refractivity contribution in [3.8, 4) is 0 Å². The van der Waals surface area contributed by atoms with E-state index in [2.05, 4.69) is 24.0 Å². The molecule has 0 bridgehead atoms. The smallest absolute Gasteiger partial charge is 0.264 e. The summed E-state index contributed by atoms with van der Waals surface area (Å²) in [5.41, 5.74) is 11.0. The Morgan fingerprint density at radius 2 is 1.73 bits per heavy atom. The molecule has 154 valence electrons. The van der Waals surface area contributed by atoms with Gasteiger partial charge in [0.05, 0.1) is 10.6 Å². The van der Waals surface area contributed by atoms with Gasteiger partial charge in [-0.05, 0) is 65.8 Å². The minimum absolute atomic E-state index is 0.349. The van der Waals surface area contributed by atoms with E-state index in [0.29, 0.717) is 11.4 Å². The summed E-state index contributed by atoms with van der Waals surface area (Å²) in [7, 11) is -3.42. The Kier molecular flexibility index (Phi) is 5.50. The summed E-state index contributed by atoms with van der Waals surface area (Å²) in [4.78, 5) is 3.48. The molecule has 0 atom stereocenters. The van der Waals surface area contributed by atoms with Gasteiger partial charge in [0.25, 0.3) is 10.0 Å². The fourth-order valence-electron chi connectivity index (χ4n) is 3.75. The zero-order chi connectivity index (χ0) is 21.1. The number of sulfonamides is 1. The molecule has 1 aliphatic heterocycles. The number of nitrogen functional groups attached to an aromatic ring is 1. The van der Waals surface area contributed by atoms with Crippen LogP contribution in [0.2, 0.25) is 0 Å². The number of H-pyrrole nitrogens is 1. The molecule has 3 N–H and O–H groups in total. The summed E-state index contributed by atoms with van der Waals surface area (Å²) in [6.45, 7) is 2.64. The number of nitrogens with two attached hydrogens (primary N) is 1. The minimum atomic E-state index is -3.42. The molecule has 0 amide bonds. The SMILES string of the molecule is CCc1cc2cc[nH]c2cc1N.O=S(=O)(c1ccccc1)N1CCc2ccccc21. The zero-order valence-corrected chi connectivity index (χ0v) is 17.7. The van der Waals surface area contributed by atoms with E-state index in [9.17, 15) is 8.42 Å². The van der Waals surface area contributed by atoms with Gasteiger partial charge in [-0.25, -0.2) is 8.42 Å². The maximum atomic E-state index is 12.5. The van der Waals surface area contributed by atoms with E-state index in [0.717, 1.165) is 35.3 Å². The molecular formula is C24H25N3O2S. The summed E-state index contributed by atoms with van der Waals surface area (Å²) in [5.74, 6) is 0. The van der Waals surface area contributed by atoms with Gasteiger partial charge < -0.3 is 10.7 Å². The van der Waals surface area contributed by atoms with Crippen LogP contribution in [0.25, 0.3) is 10.9 Å². The van der Waals surface area contributed by atoms with Crippen LogP contribution < -0.4 is 10.0 Å². The summed E-state index contributed by atoms with van der Waals surface area (Å²) in [6, 6.07) is 22.4. The Labute approximate surface area is 177 Å². The number of benzene rings is 3. The van der Waals surface area contributed by atoms with Crippen molar-refractivity contribution in [3.05, 3.63) is 90.1 Å². The highest BCUT2D eigenvalue weighted by molar-refractivity contribution is 7.92. The van der Waals surface area contributed by atoms with Crippen LogP contribution in [0.5, 0.6) is 0 Å². The van der Waals surface area contributed by atoms with Gasteiger partial charge in [0.1, 0.15) is 0 Å². The normalized spacial score (nSPS) is 13.0. The first kappa shape index (κ1) is 20.0. The van der Waals surface area contributed by atoms with Crippen LogP contribution in [0.3, 0.4) is 0 Å². The number of para-hydroxylation sites is 1. The van der Waals surface area contributed by atoms with Crippen LogP contribution >= 0.6 is 0 Å². The third kappa shape index (κ3) is 3.78. The summed E-state index contributed by atoms with van der Waals surface area (Å²) < 4.78 is 26.5. The number of rotatable bonds is 3. The van der Waals surface area contributed by atoms with Crippen molar-refractivity contribution < 1.29 is 8.42 Å². The second-order valence-electron chi connectivity index (χ2n) is 7.24. The van der Waals surface area contributed by atoms with E-state index in [1.807, 2.05) is 42.6 Å². The zero-order valence-electron chi connectivity index (χ0n) is 16.9. The molecule has 0 unspecified atom stereocenters. The Morgan fingerprint density at radius 1 is 1.00 bits per heavy atom. The van der Waals surface area contributed by atoms with Crippen LogP contribution in [0.15, 0.2) is 83.9 Å². The van der Waals surface area contributed by atoms with E-state index >= 15 is 0 Å². The average molecular weight is 420 g/mol. The maximum absolute atomic E-state index is 12.5. The van der Waals surface area contributed by atoms with Crippen LogP contribution in [-0.4, -0.2) is 19.9 Å². The van der Waals surface area contributed by atoms with Crippen molar-refractivity contribution in [2.24, 2.45) is 0 Å². The van der Waals surface area contributed by atoms with Crippen LogP contribution in [-0.2, 0) is 22.9 Å². The predicted molar refractivity (Wildman–Crippen MR) is 123 cm³/mol. The van der Waals surface area contributed by atoms with Gasteiger partial charge >= 0.3 is 0 Å². The number of fused-ring (bicyclic) bond motifs is 2. The monoisotopic (exact) mass is 419 g/mol. The maximum Gasteiger partial charge on any atom is 0.264 e. The van der Waals surface area contributed by atoms with Gasteiger partial charge in [-0.3, -0.25) is 4.31 Å². The number of hydrogen-bond acceptors (Lipinski definition) is 3. The molecule has 30 heavy (non-hydrogen) atoms.